The van der Waals surface area contributed by atoms with Gasteiger partial charge in [0.25, 0.3) is 0 Å². The van der Waals surface area contributed by atoms with E-state index in [4.69, 9.17) is 0 Å². The molecule has 3 unspecified atom stereocenters. The van der Waals surface area contributed by atoms with Gasteiger partial charge in [-0.25, -0.2) is 0 Å². The molecule has 4 rings (SSSR count). The summed E-state index contributed by atoms with van der Waals surface area (Å²) in [7, 11) is 0. The fourth-order valence-electron chi connectivity index (χ4n) is 5.88. The largest absolute Gasteiger partial charge is 0.393 e. The summed E-state index contributed by atoms with van der Waals surface area (Å²) in [6, 6.07) is 0. The highest BCUT2D eigenvalue weighted by Crippen LogP contribution is 2.66. The Morgan fingerprint density at radius 1 is 1.28 bits per heavy atom. The third-order valence-corrected chi connectivity index (χ3v) is 5.95. The van der Waals surface area contributed by atoms with Crippen molar-refractivity contribution in [3.05, 3.63) is 12.2 Å². The van der Waals surface area contributed by atoms with E-state index in [1.807, 2.05) is 0 Å². The molecule has 0 aliphatic heterocycles. The molecule has 1 N–H and O–H groups in total. The van der Waals surface area contributed by atoms with E-state index < -0.39 is 0 Å². The Bertz CT molecular complexity index is 343. The molecular weight excluding hydrogens is 220 g/mol. The van der Waals surface area contributed by atoms with E-state index in [0.717, 1.165) is 24.7 Å². The van der Waals surface area contributed by atoms with Gasteiger partial charge in [-0.3, -0.25) is 0 Å². The van der Waals surface area contributed by atoms with Crippen molar-refractivity contribution >= 4 is 0 Å². The lowest BCUT2D eigenvalue weighted by Gasteiger charge is -2.62. The van der Waals surface area contributed by atoms with Gasteiger partial charge < -0.3 is 5.11 Å². The minimum Gasteiger partial charge on any atom is -0.393 e. The second kappa shape index (κ2) is 4.10. The number of hydrogen-bond acceptors (Lipinski definition) is 1. The predicted molar refractivity (Wildman–Crippen MR) is 75.3 cm³/mol. The second-order valence-corrected chi connectivity index (χ2v) is 8.15. The first-order chi connectivity index (χ1) is 8.41. The van der Waals surface area contributed by atoms with Crippen LogP contribution in [0.15, 0.2) is 12.2 Å². The average molecular weight is 248 g/mol. The maximum Gasteiger partial charge on any atom is 0.0599 e. The maximum absolute atomic E-state index is 10.7. The predicted octanol–water partition coefficient (Wildman–Crippen LogP) is 4.31. The van der Waals surface area contributed by atoms with Gasteiger partial charge in [-0.1, -0.05) is 12.5 Å². The molecule has 4 bridgehead atoms. The molecule has 18 heavy (non-hydrogen) atoms. The molecule has 0 heterocycles. The first-order valence-electron chi connectivity index (χ1n) is 7.73. The highest BCUT2D eigenvalue weighted by molar-refractivity contribution is 5.08. The Morgan fingerprint density at radius 2 is 1.89 bits per heavy atom. The lowest BCUT2D eigenvalue weighted by atomic mass is 9.43. The fraction of sp³-hybridized carbons (Fsp3) is 0.882. The highest BCUT2D eigenvalue weighted by atomic mass is 16.3. The summed E-state index contributed by atoms with van der Waals surface area (Å²) < 4.78 is 0. The van der Waals surface area contributed by atoms with Gasteiger partial charge in [-0.15, -0.1) is 6.58 Å². The van der Waals surface area contributed by atoms with Crippen molar-refractivity contribution < 1.29 is 5.11 Å². The number of aliphatic hydroxyl groups is 1. The summed E-state index contributed by atoms with van der Waals surface area (Å²) >= 11 is 0. The van der Waals surface area contributed by atoms with Crippen molar-refractivity contribution in [2.24, 2.45) is 22.7 Å². The topological polar surface area (TPSA) is 20.2 Å². The second-order valence-electron chi connectivity index (χ2n) is 8.15. The van der Waals surface area contributed by atoms with Gasteiger partial charge in [0.2, 0.25) is 0 Å². The molecule has 0 spiro atoms. The van der Waals surface area contributed by atoms with E-state index >= 15 is 0 Å². The fourth-order valence-corrected chi connectivity index (χ4v) is 5.88. The normalized spacial score (nSPS) is 47.3. The molecule has 4 fully saturated rings. The third kappa shape index (κ3) is 2.05. The summed E-state index contributed by atoms with van der Waals surface area (Å²) in [5.74, 6) is 1.83. The summed E-state index contributed by atoms with van der Waals surface area (Å²) in [4.78, 5) is 0. The van der Waals surface area contributed by atoms with Crippen LogP contribution in [0.2, 0.25) is 0 Å². The van der Waals surface area contributed by atoms with Crippen LogP contribution < -0.4 is 0 Å². The van der Waals surface area contributed by atoms with Crippen LogP contribution in [-0.4, -0.2) is 11.2 Å². The van der Waals surface area contributed by atoms with Gasteiger partial charge in [0.1, 0.15) is 0 Å². The van der Waals surface area contributed by atoms with Crippen molar-refractivity contribution in [2.75, 3.05) is 0 Å². The zero-order valence-electron chi connectivity index (χ0n) is 12.0. The van der Waals surface area contributed by atoms with Crippen molar-refractivity contribution in [1.29, 1.82) is 0 Å². The minimum atomic E-state index is -0.0839. The highest BCUT2D eigenvalue weighted by Gasteiger charge is 2.57. The molecule has 4 saturated carbocycles. The number of hydrogen-bond donors (Lipinski definition) is 1. The van der Waals surface area contributed by atoms with Crippen LogP contribution in [0.25, 0.3) is 0 Å². The monoisotopic (exact) mass is 248 g/mol. The molecule has 0 radical (unpaired) electrons. The molecule has 3 atom stereocenters. The number of aliphatic hydroxyl groups excluding tert-OH is 1. The molecule has 102 valence electrons. The van der Waals surface area contributed by atoms with Crippen molar-refractivity contribution in [1.82, 2.24) is 0 Å². The van der Waals surface area contributed by atoms with E-state index in [1.54, 1.807) is 0 Å². The van der Waals surface area contributed by atoms with E-state index in [9.17, 15) is 5.11 Å². The van der Waals surface area contributed by atoms with Gasteiger partial charge in [0.05, 0.1) is 6.10 Å². The minimum absolute atomic E-state index is 0.0839. The number of rotatable bonds is 4. The Balaban J connectivity index is 1.76. The molecule has 0 amide bonds. The molecule has 4 aliphatic rings. The first kappa shape index (κ1) is 12.7. The van der Waals surface area contributed by atoms with Crippen LogP contribution in [0.3, 0.4) is 0 Å². The van der Waals surface area contributed by atoms with Gasteiger partial charge in [0.15, 0.2) is 0 Å². The van der Waals surface area contributed by atoms with E-state index in [-0.39, 0.29) is 11.5 Å². The lowest BCUT2D eigenvalue weighted by molar-refractivity contribution is -0.154. The van der Waals surface area contributed by atoms with Crippen LogP contribution in [0, 0.1) is 22.7 Å². The zero-order valence-corrected chi connectivity index (χ0v) is 12.0. The van der Waals surface area contributed by atoms with E-state index in [2.05, 4.69) is 20.4 Å². The summed E-state index contributed by atoms with van der Waals surface area (Å²) in [5.41, 5.74) is 2.03. The van der Waals surface area contributed by atoms with Gasteiger partial charge >= 0.3 is 0 Å². The molecule has 1 heteroatoms. The van der Waals surface area contributed by atoms with Gasteiger partial charge in [-0.05, 0) is 81.0 Å². The molecule has 1 nitrogen and oxygen atoms in total. The van der Waals surface area contributed by atoms with Crippen LogP contribution in [0.5, 0.6) is 0 Å². The molecule has 0 aromatic heterocycles. The molecule has 0 aromatic rings. The van der Waals surface area contributed by atoms with Crippen LogP contribution in [0.1, 0.15) is 65.2 Å². The van der Waals surface area contributed by atoms with Crippen molar-refractivity contribution in [2.45, 2.75) is 71.3 Å². The smallest absolute Gasteiger partial charge is 0.0599 e. The Hall–Kier alpha value is -0.300. The Kier molecular flexibility index (Phi) is 2.89. The molecule has 4 aliphatic carbocycles. The van der Waals surface area contributed by atoms with Crippen molar-refractivity contribution in [3.63, 3.8) is 0 Å². The van der Waals surface area contributed by atoms with Crippen LogP contribution in [-0.2, 0) is 0 Å². The Morgan fingerprint density at radius 3 is 2.39 bits per heavy atom. The molecule has 0 saturated heterocycles. The standard InChI is InChI=1S/C17H28O/c1-12(2)4-5-15(18)17-9-13-6-14(10-17)8-16(3,7-13)11-17/h13-15,18H,1,4-11H2,2-3H3. The zero-order chi connectivity index (χ0) is 13.0. The van der Waals surface area contributed by atoms with Crippen molar-refractivity contribution in [3.8, 4) is 0 Å². The Labute approximate surface area is 112 Å². The van der Waals surface area contributed by atoms with Gasteiger partial charge in [-0.2, -0.15) is 0 Å². The molecule has 0 aromatic carbocycles. The molecular formula is C17H28O. The summed E-state index contributed by atoms with van der Waals surface area (Å²) in [6.45, 7) is 8.53. The first-order valence-corrected chi connectivity index (χ1v) is 7.73. The van der Waals surface area contributed by atoms with Gasteiger partial charge in [0, 0.05) is 0 Å². The number of allylic oxidation sites excluding steroid dienone is 1. The van der Waals surface area contributed by atoms with Crippen LogP contribution >= 0.6 is 0 Å². The summed E-state index contributed by atoms with van der Waals surface area (Å²) in [6.07, 6.45) is 10.0. The lowest BCUT2D eigenvalue weighted by Crippen LogP contribution is -2.55. The maximum atomic E-state index is 10.7. The van der Waals surface area contributed by atoms with E-state index in [1.165, 1.54) is 44.1 Å². The third-order valence-electron chi connectivity index (χ3n) is 5.95. The SMILES string of the molecule is C=C(C)CCC(O)C12CC3CC(CC(C)(C3)C1)C2. The van der Waals surface area contributed by atoms with E-state index in [0.29, 0.717) is 5.41 Å². The summed E-state index contributed by atoms with van der Waals surface area (Å²) in [5, 5.41) is 10.7. The quantitative estimate of drug-likeness (QED) is 0.735. The average Bonchev–Trinajstić information content (AvgIpc) is 2.22. The van der Waals surface area contributed by atoms with Crippen LogP contribution in [0.4, 0.5) is 0 Å².